The Morgan fingerprint density at radius 1 is 1.39 bits per heavy atom. The minimum absolute atomic E-state index is 0.827. The van der Waals surface area contributed by atoms with E-state index in [0.717, 1.165) is 21.6 Å². The highest BCUT2D eigenvalue weighted by molar-refractivity contribution is 7.98. The predicted octanol–water partition coefficient (Wildman–Crippen LogP) is 3.29. The van der Waals surface area contributed by atoms with Gasteiger partial charge in [-0.25, -0.2) is 4.98 Å². The summed E-state index contributed by atoms with van der Waals surface area (Å²) in [5.74, 6) is 0.827. The number of hydrogen-bond donors (Lipinski definition) is 0. The van der Waals surface area contributed by atoms with Gasteiger partial charge in [-0.1, -0.05) is 11.8 Å². The van der Waals surface area contributed by atoms with Crippen LogP contribution in [0.4, 0.5) is 0 Å². The Kier molecular flexibility index (Phi) is 3.44. The van der Waals surface area contributed by atoms with Gasteiger partial charge in [0.15, 0.2) is 5.16 Å². The van der Waals surface area contributed by atoms with E-state index in [9.17, 15) is 0 Å². The number of aromatic nitrogens is 4. The van der Waals surface area contributed by atoms with Crippen LogP contribution in [0.3, 0.4) is 0 Å². The molecule has 0 saturated carbocycles. The summed E-state index contributed by atoms with van der Waals surface area (Å²) in [6.07, 6.45) is 1.71. The molecule has 0 saturated heterocycles. The fraction of sp³-hybridized carbons (Fsp3) is 0.182. The van der Waals surface area contributed by atoms with Crippen LogP contribution in [0.1, 0.15) is 5.69 Å². The molecule has 0 spiro atoms. The van der Waals surface area contributed by atoms with Crippen LogP contribution in [-0.4, -0.2) is 19.7 Å². The fourth-order valence-corrected chi connectivity index (χ4v) is 3.85. The van der Waals surface area contributed by atoms with Crippen molar-refractivity contribution in [3.63, 3.8) is 0 Å². The van der Waals surface area contributed by atoms with E-state index in [1.807, 2.05) is 11.6 Å². The molecule has 3 rings (SSSR count). The highest BCUT2D eigenvalue weighted by atomic mass is 32.2. The van der Waals surface area contributed by atoms with E-state index in [-0.39, 0.29) is 0 Å². The molecule has 0 bridgehead atoms. The van der Waals surface area contributed by atoms with Crippen molar-refractivity contribution < 1.29 is 0 Å². The maximum atomic E-state index is 4.63. The minimum Gasteiger partial charge on any atom is -0.312 e. The predicted molar refractivity (Wildman–Crippen MR) is 76.0 cm³/mol. The summed E-state index contributed by atoms with van der Waals surface area (Å²) in [6.45, 7) is 0. The molecule has 0 unspecified atom stereocenters. The summed E-state index contributed by atoms with van der Waals surface area (Å²) in [4.78, 5) is 4.63. The highest BCUT2D eigenvalue weighted by Gasteiger charge is 2.07. The van der Waals surface area contributed by atoms with Crippen LogP contribution >= 0.6 is 34.4 Å². The fourth-order valence-electron chi connectivity index (χ4n) is 1.43. The summed E-state index contributed by atoms with van der Waals surface area (Å²) < 4.78 is 1.91. The summed E-state index contributed by atoms with van der Waals surface area (Å²) >= 11 is 5.04. The third-order valence-electron chi connectivity index (χ3n) is 2.34. The molecule has 4 nitrogen and oxygen atoms in total. The van der Waals surface area contributed by atoms with Crippen molar-refractivity contribution in [3.05, 3.63) is 34.2 Å². The molecular weight excluding hydrogens is 284 g/mol. The summed E-state index contributed by atoms with van der Waals surface area (Å²) in [5, 5.41) is 16.2. The highest BCUT2D eigenvalue weighted by Crippen LogP contribution is 2.28. The molecule has 0 aromatic carbocycles. The van der Waals surface area contributed by atoms with Gasteiger partial charge in [-0.05, 0) is 11.4 Å². The van der Waals surface area contributed by atoms with Crippen molar-refractivity contribution in [2.45, 2.75) is 10.9 Å². The second kappa shape index (κ2) is 5.21. The van der Waals surface area contributed by atoms with Gasteiger partial charge in [0.1, 0.15) is 11.3 Å². The smallest absolute Gasteiger partial charge is 0.191 e. The Bertz CT molecular complexity index is 626. The number of aryl methyl sites for hydroxylation is 1. The zero-order valence-electron chi connectivity index (χ0n) is 9.61. The lowest BCUT2D eigenvalue weighted by molar-refractivity contribution is 0.788. The summed E-state index contributed by atoms with van der Waals surface area (Å²) in [5.41, 5.74) is 2.30. The van der Waals surface area contributed by atoms with E-state index in [4.69, 9.17) is 0 Å². The molecule has 0 radical (unpaired) electrons. The van der Waals surface area contributed by atoms with Gasteiger partial charge in [-0.3, -0.25) is 0 Å². The second-order valence-corrected chi connectivity index (χ2v) is 6.25. The lowest BCUT2D eigenvalue weighted by Crippen LogP contribution is -1.89. The first-order valence-corrected chi connectivity index (χ1v) is 8.07. The molecule has 3 aromatic rings. The molecule has 0 aliphatic heterocycles. The van der Waals surface area contributed by atoms with E-state index in [1.54, 1.807) is 40.8 Å². The molecule has 92 valence electrons. The molecule has 3 heterocycles. The van der Waals surface area contributed by atoms with Gasteiger partial charge in [0, 0.05) is 29.1 Å². The zero-order chi connectivity index (χ0) is 12.4. The third kappa shape index (κ3) is 2.47. The molecule has 18 heavy (non-hydrogen) atoms. The van der Waals surface area contributed by atoms with Crippen LogP contribution in [0, 0.1) is 0 Å². The van der Waals surface area contributed by atoms with Crippen LogP contribution < -0.4 is 0 Å². The van der Waals surface area contributed by atoms with E-state index in [0.29, 0.717) is 0 Å². The Morgan fingerprint density at radius 2 is 2.33 bits per heavy atom. The zero-order valence-corrected chi connectivity index (χ0v) is 12.1. The van der Waals surface area contributed by atoms with E-state index in [1.165, 1.54) is 5.56 Å². The van der Waals surface area contributed by atoms with Gasteiger partial charge < -0.3 is 4.57 Å². The van der Waals surface area contributed by atoms with Gasteiger partial charge in [0.25, 0.3) is 0 Å². The average Bonchev–Trinajstić information content (AvgIpc) is 3.08. The average molecular weight is 294 g/mol. The first-order chi connectivity index (χ1) is 8.83. The second-order valence-electron chi connectivity index (χ2n) is 3.67. The number of hydrogen-bond acceptors (Lipinski definition) is 6. The van der Waals surface area contributed by atoms with Crippen molar-refractivity contribution in [2.24, 2.45) is 7.05 Å². The van der Waals surface area contributed by atoms with Crippen LogP contribution in [0.5, 0.6) is 0 Å². The molecular formula is C11H10N4S3. The van der Waals surface area contributed by atoms with Gasteiger partial charge in [0.2, 0.25) is 0 Å². The standard InChI is InChI=1S/C11H10N4S3/c1-15-7-12-14-11(15)18-6-9-5-17-10(13-9)8-2-3-16-4-8/h2-5,7H,6H2,1H3. The van der Waals surface area contributed by atoms with Crippen LogP contribution in [-0.2, 0) is 12.8 Å². The normalized spacial score (nSPS) is 10.9. The Hall–Kier alpha value is -1.18. The quantitative estimate of drug-likeness (QED) is 0.693. The van der Waals surface area contributed by atoms with E-state index < -0.39 is 0 Å². The van der Waals surface area contributed by atoms with Crippen molar-refractivity contribution in [3.8, 4) is 10.6 Å². The lowest BCUT2D eigenvalue weighted by atomic mass is 10.4. The SMILES string of the molecule is Cn1cnnc1SCc1csc(-c2ccsc2)n1. The van der Waals surface area contributed by atoms with Crippen molar-refractivity contribution in [1.82, 2.24) is 19.7 Å². The molecule has 0 aliphatic carbocycles. The number of thioether (sulfide) groups is 1. The number of thiazole rings is 1. The van der Waals surface area contributed by atoms with Gasteiger partial charge >= 0.3 is 0 Å². The number of nitrogens with zero attached hydrogens (tertiary/aromatic N) is 4. The van der Waals surface area contributed by atoms with Crippen LogP contribution in [0.25, 0.3) is 10.6 Å². The third-order valence-corrected chi connectivity index (χ3v) is 5.03. The van der Waals surface area contributed by atoms with Gasteiger partial charge in [0.05, 0.1) is 5.69 Å². The Balaban J connectivity index is 1.69. The maximum absolute atomic E-state index is 4.63. The molecule has 7 heteroatoms. The molecule has 0 atom stereocenters. The molecule has 0 aliphatic rings. The van der Waals surface area contributed by atoms with Crippen molar-refractivity contribution >= 4 is 34.4 Å². The van der Waals surface area contributed by atoms with E-state index in [2.05, 4.69) is 37.4 Å². The van der Waals surface area contributed by atoms with Gasteiger partial charge in [-0.15, -0.1) is 21.5 Å². The number of thiophene rings is 1. The largest absolute Gasteiger partial charge is 0.312 e. The van der Waals surface area contributed by atoms with Crippen molar-refractivity contribution in [2.75, 3.05) is 0 Å². The van der Waals surface area contributed by atoms with Crippen LogP contribution in [0.2, 0.25) is 0 Å². The molecule has 0 fully saturated rings. The minimum atomic E-state index is 0.827. The van der Waals surface area contributed by atoms with Crippen molar-refractivity contribution in [1.29, 1.82) is 0 Å². The lowest BCUT2D eigenvalue weighted by Gasteiger charge is -1.97. The topological polar surface area (TPSA) is 43.6 Å². The number of rotatable bonds is 4. The monoisotopic (exact) mass is 294 g/mol. The maximum Gasteiger partial charge on any atom is 0.191 e. The molecule has 3 aromatic heterocycles. The Morgan fingerprint density at radius 3 is 3.06 bits per heavy atom. The molecule has 0 amide bonds. The molecule has 0 N–H and O–H groups in total. The summed E-state index contributed by atoms with van der Waals surface area (Å²) in [6, 6.07) is 2.10. The summed E-state index contributed by atoms with van der Waals surface area (Å²) in [7, 11) is 1.94. The van der Waals surface area contributed by atoms with Crippen LogP contribution in [0.15, 0.2) is 33.7 Å². The van der Waals surface area contributed by atoms with E-state index >= 15 is 0 Å². The van der Waals surface area contributed by atoms with Gasteiger partial charge in [-0.2, -0.15) is 11.3 Å². The first kappa shape index (κ1) is 11.9. The Labute approximate surface area is 117 Å². The first-order valence-electron chi connectivity index (χ1n) is 5.26.